The van der Waals surface area contributed by atoms with Crippen LogP contribution >= 0.6 is 27.5 Å². The fourth-order valence-corrected chi connectivity index (χ4v) is 2.40. The van der Waals surface area contributed by atoms with E-state index in [2.05, 4.69) is 42.0 Å². The number of halogens is 2. The maximum atomic E-state index is 5.81. The molecule has 0 amide bonds. The van der Waals surface area contributed by atoms with Crippen molar-refractivity contribution in [2.75, 3.05) is 5.32 Å². The quantitative estimate of drug-likeness (QED) is 0.670. The number of rotatable bonds is 2. The van der Waals surface area contributed by atoms with Gasteiger partial charge in [0.1, 0.15) is 5.82 Å². The predicted molar refractivity (Wildman–Crippen MR) is 73.3 cm³/mol. The summed E-state index contributed by atoms with van der Waals surface area (Å²) in [5, 5.41) is 3.67. The van der Waals surface area contributed by atoms with Gasteiger partial charge in [-0.2, -0.15) is 4.98 Å². The summed E-state index contributed by atoms with van der Waals surface area (Å²) in [5.74, 6) is 3.65. The Morgan fingerprint density at radius 3 is 2.82 bits per heavy atom. The molecule has 1 aromatic rings. The van der Waals surface area contributed by atoms with Crippen LogP contribution in [0.1, 0.15) is 37.7 Å². The summed E-state index contributed by atoms with van der Waals surface area (Å²) < 4.78 is 0. The minimum Gasteiger partial charge on any atom is -0.366 e. The molecule has 17 heavy (non-hydrogen) atoms. The lowest BCUT2D eigenvalue weighted by Gasteiger charge is -2.23. The van der Waals surface area contributed by atoms with Gasteiger partial charge in [-0.1, -0.05) is 19.3 Å². The number of hydrogen-bond acceptors (Lipinski definition) is 3. The third kappa shape index (κ3) is 3.58. The van der Waals surface area contributed by atoms with Gasteiger partial charge in [0.15, 0.2) is 0 Å². The van der Waals surface area contributed by atoms with Gasteiger partial charge in [-0.3, -0.25) is 0 Å². The Bertz CT molecular complexity index is 447. The maximum absolute atomic E-state index is 5.81. The van der Waals surface area contributed by atoms with Crippen LogP contribution in [0.15, 0.2) is 6.20 Å². The summed E-state index contributed by atoms with van der Waals surface area (Å²) in [6.45, 7) is 0. The first-order valence-corrected chi connectivity index (χ1v) is 6.87. The number of aromatic nitrogens is 2. The van der Waals surface area contributed by atoms with E-state index in [9.17, 15) is 0 Å². The molecule has 1 heterocycles. The standard InChI is InChI=1S/C12H13BrClN3/c13-7-6-9-8-15-12(14)17-11(9)16-10-4-2-1-3-5-10/h8,10H,1-5H2,(H,15,16,17). The minimum absolute atomic E-state index is 0.253. The van der Waals surface area contributed by atoms with Crippen molar-refractivity contribution in [1.29, 1.82) is 0 Å². The lowest BCUT2D eigenvalue weighted by molar-refractivity contribution is 0.461. The molecule has 3 nitrogen and oxygen atoms in total. The van der Waals surface area contributed by atoms with Gasteiger partial charge in [0.05, 0.1) is 5.56 Å². The number of anilines is 1. The average molecular weight is 315 g/mol. The molecule has 0 radical (unpaired) electrons. The van der Waals surface area contributed by atoms with E-state index in [0.29, 0.717) is 6.04 Å². The second kappa shape index (κ2) is 6.23. The molecule has 1 N–H and O–H groups in total. The SMILES string of the molecule is Clc1ncc(C#CBr)c(NC2CCCCC2)n1. The highest BCUT2D eigenvalue weighted by atomic mass is 79.9. The fourth-order valence-electron chi connectivity index (χ4n) is 2.05. The van der Waals surface area contributed by atoms with Crippen LogP contribution in [0.5, 0.6) is 0 Å². The summed E-state index contributed by atoms with van der Waals surface area (Å²) in [6, 6.07) is 0.477. The normalized spacial score (nSPS) is 16.1. The molecule has 1 aromatic heterocycles. The molecule has 2 rings (SSSR count). The number of nitrogens with zero attached hydrogens (tertiary/aromatic N) is 2. The second-order valence-corrected chi connectivity index (χ2v) is 4.83. The van der Waals surface area contributed by atoms with Gasteiger partial charge in [0.2, 0.25) is 5.28 Å². The van der Waals surface area contributed by atoms with Crippen molar-refractivity contribution in [2.24, 2.45) is 0 Å². The van der Waals surface area contributed by atoms with Gasteiger partial charge in [0.25, 0.3) is 0 Å². The zero-order chi connectivity index (χ0) is 12.1. The monoisotopic (exact) mass is 313 g/mol. The Morgan fingerprint density at radius 2 is 2.12 bits per heavy atom. The second-order valence-electron chi connectivity index (χ2n) is 4.10. The smallest absolute Gasteiger partial charge is 0.224 e. The highest BCUT2D eigenvalue weighted by Gasteiger charge is 2.15. The molecule has 0 unspecified atom stereocenters. The molecule has 0 bridgehead atoms. The first-order chi connectivity index (χ1) is 8.29. The summed E-state index contributed by atoms with van der Waals surface area (Å²) in [5.41, 5.74) is 0.775. The van der Waals surface area contributed by atoms with E-state index in [-0.39, 0.29) is 5.28 Å². The van der Waals surface area contributed by atoms with Crippen LogP contribution in [-0.2, 0) is 0 Å². The molecule has 5 heteroatoms. The molecule has 90 valence electrons. The fraction of sp³-hybridized carbons (Fsp3) is 0.500. The Morgan fingerprint density at radius 1 is 1.35 bits per heavy atom. The van der Waals surface area contributed by atoms with E-state index in [1.807, 2.05) is 0 Å². The first-order valence-electron chi connectivity index (χ1n) is 5.70. The van der Waals surface area contributed by atoms with Crippen molar-refractivity contribution in [1.82, 2.24) is 9.97 Å². The molecule has 1 aliphatic carbocycles. The van der Waals surface area contributed by atoms with Crippen LogP contribution in [0, 0.1) is 10.8 Å². The molecular weight excluding hydrogens is 302 g/mol. The van der Waals surface area contributed by atoms with Crippen LogP contribution in [0.2, 0.25) is 5.28 Å². The third-order valence-electron chi connectivity index (χ3n) is 2.89. The van der Waals surface area contributed by atoms with Crippen molar-refractivity contribution in [3.8, 4) is 10.8 Å². The molecule has 0 saturated heterocycles. The molecule has 0 spiro atoms. The van der Waals surface area contributed by atoms with Crippen molar-refractivity contribution >= 4 is 33.3 Å². The Kier molecular flexibility index (Phi) is 4.64. The van der Waals surface area contributed by atoms with Gasteiger partial charge < -0.3 is 5.32 Å². The number of nitrogens with one attached hydrogen (secondary N) is 1. The van der Waals surface area contributed by atoms with Crippen LogP contribution in [0.4, 0.5) is 5.82 Å². The molecule has 0 aliphatic heterocycles. The molecule has 1 fully saturated rings. The van der Waals surface area contributed by atoms with Crippen LogP contribution in [-0.4, -0.2) is 16.0 Å². The largest absolute Gasteiger partial charge is 0.366 e. The van der Waals surface area contributed by atoms with E-state index in [1.165, 1.54) is 32.1 Å². The summed E-state index contributed by atoms with van der Waals surface area (Å²) in [7, 11) is 0. The first kappa shape index (κ1) is 12.7. The van der Waals surface area contributed by atoms with E-state index >= 15 is 0 Å². The highest BCUT2D eigenvalue weighted by Crippen LogP contribution is 2.22. The summed E-state index contributed by atoms with van der Waals surface area (Å²) in [6.07, 6.45) is 7.89. The van der Waals surface area contributed by atoms with Crippen molar-refractivity contribution < 1.29 is 0 Å². The van der Waals surface area contributed by atoms with Gasteiger partial charge in [-0.15, -0.1) is 0 Å². The van der Waals surface area contributed by atoms with Gasteiger partial charge in [0, 0.05) is 28.2 Å². The van der Waals surface area contributed by atoms with Gasteiger partial charge >= 0.3 is 0 Å². The molecular formula is C12H13BrClN3. The molecule has 0 aromatic carbocycles. The van der Waals surface area contributed by atoms with Crippen molar-refractivity contribution in [3.63, 3.8) is 0 Å². The molecule has 0 atom stereocenters. The summed E-state index contributed by atoms with van der Waals surface area (Å²) in [4.78, 5) is 10.8. The summed E-state index contributed by atoms with van der Waals surface area (Å²) >= 11 is 8.90. The van der Waals surface area contributed by atoms with E-state index in [0.717, 1.165) is 11.4 Å². The van der Waals surface area contributed by atoms with Gasteiger partial charge in [-0.05, 0) is 35.2 Å². The topological polar surface area (TPSA) is 37.8 Å². The third-order valence-corrected chi connectivity index (χ3v) is 3.27. The Balaban J connectivity index is 2.16. The molecule has 1 aliphatic rings. The van der Waals surface area contributed by atoms with E-state index in [4.69, 9.17) is 11.6 Å². The average Bonchev–Trinajstić information content (AvgIpc) is 2.34. The Labute approximate surface area is 115 Å². The zero-order valence-corrected chi connectivity index (χ0v) is 11.7. The van der Waals surface area contributed by atoms with Crippen LogP contribution < -0.4 is 5.32 Å². The van der Waals surface area contributed by atoms with Crippen LogP contribution in [0.25, 0.3) is 0 Å². The lowest BCUT2D eigenvalue weighted by atomic mass is 9.95. The number of hydrogen-bond donors (Lipinski definition) is 1. The highest BCUT2D eigenvalue weighted by molar-refractivity contribution is 9.12. The van der Waals surface area contributed by atoms with E-state index < -0.39 is 0 Å². The Hall–Kier alpha value is -0.790. The van der Waals surface area contributed by atoms with Crippen molar-refractivity contribution in [3.05, 3.63) is 17.0 Å². The van der Waals surface area contributed by atoms with Crippen LogP contribution in [0.3, 0.4) is 0 Å². The zero-order valence-electron chi connectivity index (χ0n) is 9.34. The maximum Gasteiger partial charge on any atom is 0.224 e. The lowest BCUT2D eigenvalue weighted by Crippen LogP contribution is -2.23. The van der Waals surface area contributed by atoms with E-state index in [1.54, 1.807) is 6.20 Å². The molecule has 1 saturated carbocycles. The predicted octanol–water partition coefficient (Wildman–Crippen LogP) is 3.58. The van der Waals surface area contributed by atoms with Crippen molar-refractivity contribution in [2.45, 2.75) is 38.1 Å². The minimum atomic E-state index is 0.253. The van der Waals surface area contributed by atoms with Gasteiger partial charge in [-0.25, -0.2) is 4.98 Å².